The highest BCUT2D eigenvalue weighted by Gasteiger charge is 2.18. The van der Waals surface area contributed by atoms with Crippen molar-refractivity contribution >= 4 is 11.6 Å². The third kappa shape index (κ3) is 3.50. The summed E-state index contributed by atoms with van der Waals surface area (Å²) >= 11 is 0. The maximum Gasteiger partial charge on any atom is 0.278 e. The minimum absolute atomic E-state index is 0.269. The third-order valence-electron chi connectivity index (χ3n) is 4.47. The van der Waals surface area contributed by atoms with E-state index in [-0.39, 0.29) is 11.6 Å². The smallest absolute Gasteiger partial charge is 0.278 e. The van der Waals surface area contributed by atoms with Crippen molar-refractivity contribution in [2.75, 3.05) is 5.32 Å². The second-order valence-electron chi connectivity index (χ2n) is 6.46. The molecular weight excluding hydrogens is 328 g/mol. The number of benzene rings is 2. The molecule has 0 aliphatic heterocycles. The number of hydrogen-bond acceptors (Lipinski definition) is 4. The molecule has 1 atom stereocenters. The van der Waals surface area contributed by atoms with Crippen molar-refractivity contribution < 1.29 is 9.90 Å². The molecule has 0 unspecified atom stereocenters. The first-order valence-corrected chi connectivity index (χ1v) is 8.46. The molecule has 1 heterocycles. The average Bonchev–Trinajstić information content (AvgIpc) is 2.99. The van der Waals surface area contributed by atoms with Gasteiger partial charge in [0.2, 0.25) is 0 Å². The fourth-order valence-electron chi connectivity index (χ4n) is 2.71. The van der Waals surface area contributed by atoms with Crippen LogP contribution in [0.5, 0.6) is 0 Å². The minimum atomic E-state index is -0.598. The number of anilines is 1. The standard InChI is InChI=1S/C20H22N4O2/c1-12-8-9-18(10-13(12)2)24-14(3)19(22-23-24)20(26)21-17-7-5-6-16(11-17)15(4)25/h5-11,15,25H,1-4H3,(H,21,26)/t15-/m1/s1. The Hall–Kier alpha value is -2.99. The van der Waals surface area contributed by atoms with Crippen molar-refractivity contribution in [3.05, 3.63) is 70.5 Å². The molecule has 26 heavy (non-hydrogen) atoms. The zero-order valence-corrected chi connectivity index (χ0v) is 15.3. The summed E-state index contributed by atoms with van der Waals surface area (Å²) in [5.74, 6) is -0.333. The van der Waals surface area contributed by atoms with E-state index in [2.05, 4.69) is 15.6 Å². The van der Waals surface area contributed by atoms with Crippen LogP contribution in [0, 0.1) is 20.8 Å². The topological polar surface area (TPSA) is 80.0 Å². The van der Waals surface area contributed by atoms with Crippen LogP contribution >= 0.6 is 0 Å². The summed E-state index contributed by atoms with van der Waals surface area (Å²) in [5, 5.41) is 20.7. The largest absolute Gasteiger partial charge is 0.389 e. The summed E-state index contributed by atoms with van der Waals surface area (Å²) in [6.07, 6.45) is -0.598. The first-order valence-electron chi connectivity index (χ1n) is 8.46. The lowest BCUT2D eigenvalue weighted by atomic mass is 10.1. The van der Waals surface area contributed by atoms with Crippen molar-refractivity contribution in [1.82, 2.24) is 15.0 Å². The molecule has 0 spiro atoms. The number of amides is 1. The van der Waals surface area contributed by atoms with Crippen LogP contribution in [0.3, 0.4) is 0 Å². The molecule has 1 aromatic heterocycles. The molecule has 0 aliphatic carbocycles. The van der Waals surface area contributed by atoms with Crippen molar-refractivity contribution in [2.45, 2.75) is 33.8 Å². The van der Waals surface area contributed by atoms with Gasteiger partial charge in [-0.2, -0.15) is 0 Å². The Bertz CT molecular complexity index is 960. The van der Waals surface area contributed by atoms with E-state index in [1.165, 1.54) is 5.56 Å². The van der Waals surface area contributed by atoms with E-state index in [0.717, 1.165) is 16.8 Å². The Morgan fingerprint density at radius 3 is 2.58 bits per heavy atom. The van der Waals surface area contributed by atoms with Crippen LogP contribution in [-0.4, -0.2) is 26.0 Å². The van der Waals surface area contributed by atoms with Gasteiger partial charge in [0.1, 0.15) is 0 Å². The molecule has 0 fully saturated rings. The highest BCUT2D eigenvalue weighted by atomic mass is 16.3. The fraction of sp³-hybridized carbons (Fsp3) is 0.250. The summed E-state index contributed by atoms with van der Waals surface area (Å²) in [4.78, 5) is 12.6. The third-order valence-corrected chi connectivity index (χ3v) is 4.47. The summed E-state index contributed by atoms with van der Waals surface area (Å²) in [6, 6.07) is 13.1. The molecule has 6 nitrogen and oxygen atoms in total. The van der Waals surface area contributed by atoms with Gasteiger partial charge >= 0.3 is 0 Å². The van der Waals surface area contributed by atoms with Gasteiger partial charge in [-0.1, -0.05) is 23.4 Å². The van der Waals surface area contributed by atoms with E-state index < -0.39 is 6.10 Å². The molecule has 0 aliphatic rings. The van der Waals surface area contributed by atoms with Crippen LogP contribution in [0.2, 0.25) is 0 Å². The van der Waals surface area contributed by atoms with E-state index in [0.29, 0.717) is 11.4 Å². The lowest BCUT2D eigenvalue weighted by Gasteiger charge is -2.09. The predicted octanol–water partition coefficient (Wildman–Crippen LogP) is 3.50. The van der Waals surface area contributed by atoms with Crippen molar-refractivity contribution in [2.24, 2.45) is 0 Å². The van der Waals surface area contributed by atoms with Gasteiger partial charge in [-0.25, -0.2) is 4.68 Å². The molecule has 3 aromatic rings. The van der Waals surface area contributed by atoms with Crippen LogP contribution < -0.4 is 5.32 Å². The Balaban J connectivity index is 1.86. The van der Waals surface area contributed by atoms with Gasteiger partial charge in [0.25, 0.3) is 5.91 Å². The summed E-state index contributed by atoms with van der Waals surface area (Å²) in [7, 11) is 0. The molecule has 1 amide bonds. The van der Waals surface area contributed by atoms with E-state index >= 15 is 0 Å². The number of aliphatic hydroxyl groups is 1. The molecule has 2 N–H and O–H groups in total. The number of nitrogens with zero attached hydrogens (tertiary/aromatic N) is 3. The highest BCUT2D eigenvalue weighted by molar-refractivity contribution is 6.03. The van der Waals surface area contributed by atoms with Crippen molar-refractivity contribution in [3.63, 3.8) is 0 Å². The maximum atomic E-state index is 12.6. The van der Waals surface area contributed by atoms with Crippen LogP contribution in [0.25, 0.3) is 5.69 Å². The SMILES string of the molecule is Cc1ccc(-n2nnc(C(=O)Nc3cccc([C@@H](C)O)c3)c2C)cc1C. The van der Waals surface area contributed by atoms with Gasteiger partial charge in [-0.3, -0.25) is 4.79 Å². The Labute approximate surface area is 152 Å². The number of hydrogen-bond donors (Lipinski definition) is 2. The minimum Gasteiger partial charge on any atom is -0.389 e. The number of aromatic nitrogens is 3. The number of rotatable bonds is 4. The monoisotopic (exact) mass is 350 g/mol. The van der Waals surface area contributed by atoms with Crippen LogP contribution in [0.1, 0.15) is 45.9 Å². The molecule has 134 valence electrons. The molecule has 3 rings (SSSR count). The predicted molar refractivity (Wildman–Crippen MR) is 101 cm³/mol. The van der Waals surface area contributed by atoms with Gasteiger partial charge in [0.05, 0.1) is 17.5 Å². The average molecular weight is 350 g/mol. The normalized spacial score (nSPS) is 12.0. The van der Waals surface area contributed by atoms with Gasteiger partial charge < -0.3 is 10.4 Å². The van der Waals surface area contributed by atoms with Gasteiger partial charge in [0.15, 0.2) is 5.69 Å². The number of carbonyl (C=O) groups is 1. The van der Waals surface area contributed by atoms with Crippen LogP contribution in [0.4, 0.5) is 5.69 Å². The molecule has 0 bridgehead atoms. The van der Waals surface area contributed by atoms with Crippen molar-refractivity contribution in [3.8, 4) is 5.69 Å². The summed E-state index contributed by atoms with van der Waals surface area (Å²) < 4.78 is 1.66. The summed E-state index contributed by atoms with van der Waals surface area (Å²) in [6.45, 7) is 7.58. The molecule has 6 heteroatoms. The second-order valence-corrected chi connectivity index (χ2v) is 6.46. The Kier molecular flexibility index (Phi) is 4.86. The van der Waals surface area contributed by atoms with E-state index in [4.69, 9.17) is 0 Å². The highest BCUT2D eigenvalue weighted by Crippen LogP contribution is 2.19. The fourth-order valence-corrected chi connectivity index (χ4v) is 2.71. The first-order chi connectivity index (χ1) is 12.4. The molecule has 0 radical (unpaired) electrons. The molecular formula is C20H22N4O2. The van der Waals surface area contributed by atoms with Crippen LogP contribution in [-0.2, 0) is 0 Å². The number of carbonyl (C=O) groups excluding carboxylic acids is 1. The zero-order valence-electron chi connectivity index (χ0n) is 15.3. The van der Waals surface area contributed by atoms with Gasteiger partial charge in [0, 0.05) is 5.69 Å². The van der Waals surface area contributed by atoms with Crippen LogP contribution in [0.15, 0.2) is 42.5 Å². The Morgan fingerprint density at radius 1 is 1.12 bits per heavy atom. The second kappa shape index (κ2) is 7.09. The Morgan fingerprint density at radius 2 is 1.88 bits per heavy atom. The lowest BCUT2D eigenvalue weighted by molar-refractivity contribution is 0.102. The van der Waals surface area contributed by atoms with Crippen molar-refractivity contribution in [1.29, 1.82) is 0 Å². The number of aliphatic hydroxyl groups excluding tert-OH is 1. The first kappa shape index (κ1) is 17.8. The summed E-state index contributed by atoms with van der Waals surface area (Å²) in [5.41, 5.74) is 5.49. The molecule has 0 saturated carbocycles. The van der Waals surface area contributed by atoms with E-state index in [1.807, 2.05) is 45.0 Å². The zero-order chi connectivity index (χ0) is 18.8. The quantitative estimate of drug-likeness (QED) is 0.755. The molecule has 2 aromatic carbocycles. The molecule has 0 saturated heterocycles. The van der Waals surface area contributed by atoms with Gasteiger partial charge in [-0.15, -0.1) is 5.10 Å². The van der Waals surface area contributed by atoms with Gasteiger partial charge in [-0.05, 0) is 68.7 Å². The van der Waals surface area contributed by atoms with E-state index in [1.54, 1.807) is 29.8 Å². The lowest BCUT2D eigenvalue weighted by Crippen LogP contribution is -2.14. The number of aryl methyl sites for hydroxylation is 2. The number of nitrogens with one attached hydrogen (secondary N) is 1. The van der Waals surface area contributed by atoms with E-state index in [9.17, 15) is 9.90 Å². The maximum absolute atomic E-state index is 12.6.